The minimum atomic E-state index is -0.563. The summed E-state index contributed by atoms with van der Waals surface area (Å²) >= 11 is 0. The van der Waals surface area contributed by atoms with Crippen LogP contribution in [0.15, 0.2) is 24.3 Å². The second-order valence-electron chi connectivity index (χ2n) is 5.33. The molecule has 0 fully saturated rings. The van der Waals surface area contributed by atoms with Gasteiger partial charge in [-0.3, -0.25) is 9.59 Å². The molecule has 0 heterocycles. The van der Waals surface area contributed by atoms with Gasteiger partial charge in [-0.2, -0.15) is 0 Å². The summed E-state index contributed by atoms with van der Waals surface area (Å²) in [6, 6.07) is 6.21. The molecule has 1 atom stereocenters. The van der Waals surface area contributed by atoms with Crippen LogP contribution in [0.1, 0.15) is 36.7 Å². The molecule has 1 aromatic carbocycles. The lowest BCUT2D eigenvalue weighted by Gasteiger charge is -2.20. The number of esters is 1. The molecule has 6 nitrogen and oxygen atoms in total. The van der Waals surface area contributed by atoms with Crippen LogP contribution in [0.3, 0.4) is 0 Å². The Morgan fingerprint density at radius 3 is 2.18 bits per heavy atom. The molecule has 2 N–H and O–H groups in total. The number of carbonyl (C=O) groups is 3. The summed E-state index contributed by atoms with van der Waals surface area (Å²) < 4.78 is 4.62. The molecule has 1 rings (SSSR count). The highest BCUT2D eigenvalue weighted by Crippen LogP contribution is 2.07. The lowest BCUT2D eigenvalue weighted by molar-refractivity contribution is -0.129. The minimum absolute atomic E-state index is 0.00870. The Bertz CT molecular complexity index is 538. The third-order valence-electron chi connectivity index (χ3n) is 3.15. The molecule has 0 saturated heterocycles. The summed E-state index contributed by atoms with van der Waals surface area (Å²) in [5.74, 6) is -0.884. The van der Waals surface area contributed by atoms with E-state index in [2.05, 4.69) is 15.4 Å². The van der Waals surface area contributed by atoms with Gasteiger partial charge in [0.05, 0.1) is 12.7 Å². The van der Waals surface area contributed by atoms with Gasteiger partial charge in [0.15, 0.2) is 0 Å². The van der Waals surface area contributed by atoms with E-state index in [1.807, 2.05) is 13.8 Å². The molecule has 1 unspecified atom stereocenters. The standard InChI is InChI=1S/C16H22N2O4/c1-10(2)14(18-11(3)19)15(20)17-9-12-5-7-13(8-6-12)16(21)22-4/h5-8,10,14H,9H2,1-4H3,(H,17,20)(H,18,19). The Morgan fingerprint density at radius 1 is 1.14 bits per heavy atom. The van der Waals surface area contributed by atoms with E-state index in [-0.39, 0.29) is 17.7 Å². The monoisotopic (exact) mass is 306 g/mol. The molecule has 120 valence electrons. The van der Waals surface area contributed by atoms with Crippen LogP contribution in [0.5, 0.6) is 0 Å². The second-order valence-corrected chi connectivity index (χ2v) is 5.33. The average molecular weight is 306 g/mol. The molecule has 0 saturated carbocycles. The summed E-state index contributed by atoms with van der Waals surface area (Å²) in [7, 11) is 1.32. The lowest BCUT2D eigenvalue weighted by Crippen LogP contribution is -2.48. The molecular weight excluding hydrogens is 284 g/mol. The number of hydrogen-bond donors (Lipinski definition) is 2. The highest BCUT2D eigenvalue weighted by atomic mass is 16.5. The smallest absolute Gasteiger partial charge is 0.337 e. The number of benzene rings is 1. The van der Waals surface area contributed by atoms with Crippen LogP contribution < -0.4 is 10.6 Å². The SMILES string of the molecule is COC(=O)c1ccc(CNC(=O)C(NC(C)=O)C(C)C)cc1. The molecule has 0 bridgehead atoms. The summed E-state index contributed by atoms with van der Waals surface area (Å²) in [6.45, 7) is 5.44. The lowest BCUT2D eigenvalue weighted by atomic mass is 10.0. The van der Waals surface area contributed by atoms with Gasteiger partial charge in [-0.15, -0.1) is 0 Å². The Labute approximate surface area is 130 Å². The normalized spacial score (nSPS) is 11.7. The predicted octanol–water partition coefficient (Wildman–Crippen LogP) is 1.25. The largest absolute Gasteiger partial charge is 0.465 e. The van der Waals surface area contributed by atoms with Gasteiger partial charge in [-0.25, -0.2) is 4.79 Å². The van der Waals surface area contributed by atoms with Crippen LogP contribution in [-0.2, 0) is 20.9 Å². The zero-order chi connectivity index (χ0) is 16.7. The van der Waals surface area contributed by atoms with Crippen molar-refractivity contribution in [1.82, 2.24) is 10.6 Å². The molecule has 0 aromatic heterocycles. The maximum atomic E-state index is 12.1. The van der Waals surface area contributed by atoms with Crippen molar-refractivity contribution in [2.45, 2.75) is 33.4 Å². The first kappa shape index (κ1) is 17.7. The van der Waals surface area contributed by atoms with Gasteiger partial charge in [-0.1, -0.05) is 26.0 Å². The first-order valence-electron chi connectivity index (χ1n) is 7.07. The van der Waals surface area contributed by atoms with E-state index in [0.29, 0.717) is 12.1 Å². The Kier molecular flexibility index (Phi) is 6.56. The number of carbonyl (C=O) groups excluding carboxylic acids is 3. The van der Waals surface area contributed by atoms with Gasteiger partial charge in [0, 0.05) is 13.5 Å². The van der Waals surface area contributed by atoms with Gasteiger partial charge in [0.25, 0.3) is 0 Å². The van der Waals surface area contributed by atoms with E-state index in [0.717, 1.165) is 5.56 Å². The van der Waals surface area contributed by atoms with Crippen molar-refractivity contribution in [3.63, 3.8) is 0 Å². The molecule has 0 radical (unpaired) electrons. The maximum Gasteiger partial charge on any atom is 0.337 e. The van der Waals surface area contributed by atoms with Crippen molar-refractivity contribution >= 4 is 17.8 Å². The molecule has 22 heavy (non-hydrogen) atoms. The van der Waals surface area contributed by atoms with Crippen LogP contribution in [0.25, 0.3) is 0 Å². The van der Waals surface area contributed by atoms with Crippen molar-refractivity contribution in [3.05, 3.63) is 35.4 Å². The van der Waals surface area contributed by atoms with Gasteiger partial charge < -0.3 is 15.4 Å². The van der Waals surface area contributed by atoms with Crippen LogP contribution >= 0.6 is 0 Å². The molecule has 6 heteroatoms. The van der Waals surface area contributed by atoms with Crippen molar-refractivity contribution in [1.29, 1.82) is 0 Å². The van der Waals surface area contributed by atoms with E-state index in [4.69, 9.17) is 0 Å². The number of amides is 2. The van der Waals surface area contributed by atoms with E-state index in [1.165, 1.54) is 14.0 Å². The van der Waals surface area contributed by atoms with Crippen LogP contribution in [0, 0.1) is 5.92 Å². The fourth-order valence-electron chi connectivity index (χ4n) is 1.93. The second kappa shape index (κ2) is 8.17. The molecule has 0 aliphatic heterocycles. The van der Waals surface area contributed by atoms with Gasteiger partial charge in [0.2, 0.25) is 11.8 Å². The van der Waals surface area contributed by atoms with Crippen molar-refractivity contribution in [2.75, 3.05) is 7.11 Å². The highest BCUT2D eigenvalue weighted by Gasteiger charge is 2.22. The predicted molar refractivity (Wildman–Crippen MR) is 82.1 cm³/mol. The van der Waals surface area contributed by atoms with Gasteiger partial charge in [0.1, 0.15) is 6.04 Å². The molecule has 0 aliphatic carbocycles. The van der Waals surface area contributed by atoms with Gasteiger partial charge in [-0.05, 0) is 23.6 Å². The molecule has 2 amide bonds. The minimum Gasteiger partial charge on any atom is -0.465 e. The maximum absolute atomic E-state index is 12.1. The highest BCUT2D eigenvalue weighted by molar-refractivity contribution is 5.89. The zero-order valence-electron chi connectivity index (χ0n) is 13.3. The first-order valence-corrected chi connectivity index (χ1v) is 7.07. The topological polar surface area (TPSA) is 84.5 Å². The third kappa shape index (κ3) is 5.20. The summed E-state index contributed by atoms with van der Waals surface area (Å²) in [5, 5.41) is 5.41. The van der Waals surface area contributed by atoms with Crippen molar-refractivity contribution in [2.24, 2.45) is 5.92 Å². The fraction of sp³-hybridized carbons (Fsp3) is 0.438. The van der Waals surface area contributed by atoms with E-state index in [9.17, 15) is 14.4 Å². The van der Waals surface area contributed by atoms with E-state index < -0.39 is 12.0 Å². The van der Waals surface area contributed by atoms with E-state index >= 15 is 0 Å². The molecular formula is C16H22N2O4. The Hall–Kier alpha value is -2.37. The summed E-state index contributed by atoms with van der Waals surface area (Å²) in [4.78, 5) is 34.6. The Balaban J connectivity index is 2.62. The third-order valence-corrected chi connectivity index (χ3v) is 3.15. The molecule has 1 aromatic rings. The molecule has 0 spiro atoms. The van der Waals surface area contributed by atoms with Crippen LogP contribution in [0.4, 0.5) is 0 Å². The number of ether oxygens (including phenoxy) is 1. The quantitative estimate of drug-likeness (QED) is 0.775. The average Bonchev–Trinajstić information content (AvgIpc) is 2.49. The molecule has 0 aliphatic rings. The number of hydrogen-bond acceptors (Lipinski definition) is 4. The van der Waals surface area contributed by atoms with Crippen LogP contribution in [-0.4, -0.2) is 30.9 Å². The van der Waals surface area contributed by atoms with Crippen molar-refractivity contribution in [3.8, 4) is 0 Å². The van der Waals surface area contributed by atoms with Gasteiger partial charge >= 0.3 is 5.97 Å². The first-order chi connectivity index (χ1) is 10.3. The van der Waals surface area contributed by atoms with E-state index in [1.54, 1.807) is 24.3 Å². The van der Waals surface area contributed by atoms with Crippen molar-refractivity contribution < 1.29 is 19.1 Å². The summed E-state index contributed by atoms with van der Waals surface area (Å²) in [5.41, 5.74) is 1.31. The zero-order valence-corrected chi connectivity index (χ0v) is 13.3. The summed E-state index contributed by atoms with van der Waals surface area (Å²) in [6.07, 6.45) is 0. The fourth-order valence-corrected chi connectivity index (χ4v) is 1.93. The number of methoxy groups -OCH3 is 1. The Morgan fingerprint density at radius 2 is 1.73 bits per heavy atom. The number of nitrogens with one attached hydrogen (secondary N) is 2. The van der Waals surface area contributed by atoms with Crippen LogP contribution in [0.2, 0.25) is 0 Å². The number of rotatable bonds is 6.